The first-order valence-corrected chi connectivity index (χ1v) is 10.6. The van der Waals surface area contributed by atoms with Gasteiger partial charge in [0.05, 0.1) is 4.90 Å². The van der Waals surface area contributed by atoms with Crippen molar-refractivity contribution in [2.24, 2.45) is 0 Å². The zero-order valence-corrected chi connectivity index (χ0v) is 16.0. The molecule has 0 spiro atoms. The maximum atomic E-state index is 12.5. The summed E-state index contributed by atoms with van der Waals surface area (Å²) in [6, 6.07) is 17.3. The molecule has 0 atom stereocenters. The number of sulfonamides is 1. The Kier molecular flexibility index (Phi) is 6.29. The van der Waals surface area contributed by atoms with Crippen molar-refractivity contribution in [1.82, 2.24) is 9.62 Å². The molecular formula is C20H27N3O2S. The Morgan fingerprint density at radius 1 is 1.00 bits per heavy atom. The normalized spacial score (nSPS) is 16.5. The largest absolute Gasteiger partial charge is 0.388 e. The summed E-state index contributed by atoms with van der Waals surface area (Å²) in [4.78, 5) is 2.74. The molecule has 0 aliphatic carbocycles. The average molecular weight is 374 g/mol. The van der Waals surface area contributed by atoms with Crippen LogP contribution in [-0.4, -0.2) is 46.0 Å². The number of rotatable bonds is 7. The van der Waals surface area contributed by atoms with Crippen molar-refractivity contribution in [3.05, 3.63) is 60.2 Å². The van der Waals surface area contributed by atoms with Crippen molar-refractivity contribution < 1.29 is 8.42 Å². The van der Waals surface area contributed by atoms with Gasteiger partial charge in [0.1, 0.15) is 0 Å². The minimum atomic E-state index is -3.45. The second-order valence-electron chi connectivity index (χ2n) is 6.75. The quantitative estimate of drug-likeness (QED) is 0.783. The summed E-state index contributed by atoms with van der Waals surface area (Å²) < 4.78 is 28.0. The Balaban J connectivity index is 1.48. The van der Waals surface area contributed by atoms with E-state index in [2.05, 4.69) is 39.2 Å². The van der Waals surface area contributed by atoms with Crippen LogP contribution in [0.15, 0.2) is 59.5 Å². The fourth-order valence-electron chi connectivity index (χ4n) is 3.29. The van der Waals surface area contributed by atoms with Crippen molar-refractivity contribution in [3.63, 3.8) is 0 Å². The van der Waals surface area contributed by atoms with Gasteiger partial charge in [0.25, 0.3) is 0 Å². The third-order valence-electron chi connectivity index (χ3n) is 4.92. The van der Waals surface area contributed by atoms with Crippen molar-refractivity contribution in [2.75, 3.05) is 32.0 Å². The van der Waals surface area contributed by atoms with Crippen molar-refractivity contribution in [3.8, 4) is 0 Å². The van der Waals surface area contributed by atoms with E-state index in [9.17, 15) is 8.42 Å². The van der Waals surface area contributed by atoms with E-state index in [1.165, 1.54) is 5.56 Å². The first kappa shape index (κ1) is 18.9. The van der Waals surface area contributed by atoms with Crippen LogP contribution < -0.4 is 10.0 Å². The van der Waals surface area contributed by atoms with Gasteiger partial charge in [-0.05, 0) is 62.2 Å². The van der Waals surface area contributed by atoms with E-state index in [4.69, 9.17) is 0 Å². The second kappa shape index (κ2) is 8.66. The molecule has 140 valence electrons. The average Bonchev–Trinajstić information content (AvgIpc) is 2.68. The fourth-order valence-corrected chi connectivity index (χ4v) is 4.60. The summed E-state index contributed by atoms with van der Waals surface area (Å²) in [6.45, 7) is 2.88. The number of hydrogen-bond donors (Lipinski definition) is 2. The first-order chi connectivity index (χ1) is 12.6. The summed E-state index contributed by atoms with van der Waals surface area (Å²) in [5.41, 5.74) is 2.25. The molecule has 5 nitrogen and oxygen atoms in total. The van der Waals surface area contributed by atoms with E-state index in [1.807, 2.05) is 13.1 Å². The molecule has 2 aromatic carbocycles. The minimum Gasteiger partial charge on any atom is -0.388 e. The number of likely N-dealkylation sites (tertiary alicyclic amines) is 1. The molecule has 2 aromatic rings. The number of hydrogen-bond acceptors (Lipinski definition) is 4. The SMILES string of the molecule is CNc1ccc(S(=O)(=O)NC2CCN(CCc3ccccc3)CC2)cc1. The van der Waals surface area contributed by atoms with E-state index in [0.717, 1.165) is 44.6 Å². The van der Waals surface area contributed by atoms with Gasteiger partial charge >= 0.3 is 0 Å². The molecule has 2 N–H and O–H groups in total. The fraction of sp³-hybridized carbons (Fsp3) is 0.400. The molecule has 1 saturated heterocycles. The maximum Gasteiger partial charge on any atom is 0.240 e. The molecule has 0 bridgehead atoms. The van der Waals surface area contributed by atoms with Gasteiger partial charge in [-0.2, -0.15) is 0 Å². The Morgan fingerprint density at radius 2 is 1.65 bits per heavy atom. The highest BCUT2D eigenvalue weighted by Crippen LogP contribution is 2.17. The predicted octanol–water partition coefficient (Wildman–Crippen LogP) is 2.71. The van der Waals surface area contributed by atoms with Gasteiger partial charge < -0.3 is 10.2 Å². The molecule has 0 saturated carbocycles. The van der Waals surface area contributed by atoms with E-state index in [-0.39, 0.29) is 6.04 Å². The Morgan fingerprint density at radius 3 is 2.27 bits per heavy atom. The molecule has 3 rings (SSSR count). The lowest BCUT2D eigenvalue weighted by Crippen LogP contribution is -2.45. The van der Waals surface area contributed by atoms with Crippen LogP contribution in [0.3, 0.4) is 0 Å². The van der Waals surface area contributed by atoms with Gasteiger partial charge in [-0.25, -0.2) is 13.1 Å². The topological polar surface area (TPSA) is 61.4 Å². The van der Waals surface area contributed by atoms with Crippen molar-refractivity contribution in [1.29, 1.82) is 0 Å². The second-order valence-corrected chi connectivity index (χ2v) is 8.46. The molecule has 0 unspecified atom stereocenters. The lowest BCUT2D eigenvalue weighted by atomic mass is 10.1. The van der Waals surface area contributed by atoms with Crippen molar-refractivity contribution >= 4 is 15.7 Å². The summed E-state index contributed by atoms with van der Waals surface area (Å²) in [5.74, 6) is 0. The van der Waals surface area contributed by atoms with Crippen LogP contribution in [0.5, 0.6) is 0 Å². The molecule has 26 heavy (non-hydrogen) atoms. The maximum absolute atomic E-state index is 12.5. The van der Waals surface area contributed by atoms with E-state index in [1.54, 1.807) is 24.3 Å². The lowest BCUT2D eigenvalue weighted by Gasteiger charge is -2.32. The Hall–Kier alpha value is -1.89. The Bertz CT molecular complexity index is 784. The lowest BCUT2D eigenvalue weighted by molar-refractivity contribution is 0.209. The van der Waals surface area contributed by atoms with Crippen LogP contribution in [0, 0.1) is 0 Å². The molecule has 1 aliphatic heterocycles. The van der Waals surface area contributed by atoms with Crippen LogP contribution in [0.25, 0.3) is 0 Å². The summed E-state index contributed by atoms with van der Waals surface area (Å²) in [7, 11) is -1.64. The number of nitrogens with zero attached hydrogens (tertiary/aromatic N) is 1. The van der Waals surface area contributed by atoms with Crippen LogP contribution in [0.4, 0.5) is 5.69 Å². The zero-order valence-electron chi connectivity index (χ0n) is 15.2. The van der Waals surface area contributed by atoms with Crippen LogP contribution in [0.2, 0.25) is 0 Å². The molecule has 0 amide bonds. The summed E-state index contributed by atoms with van der Waals surface area (Å²) in [6.07, 6.45) is 2.74. The molecule has 1 fully saturated rings. The van der Waals surface area contributed by atoms with Crippen LogP contribution in [0.1, 0.15) is 18.4 Å². The first-order valence-electron chi connectivity index (χ1n) is 9.13. The molecule has 0 aromatic heterocycles. The minimum absolute atomic E-state index is 0.0111. The van der Waals surface area contributed by atoms with Gasteiger partial charge in [0, 0.05) is 25.3 Å². The number of anilines is 1. The Labute approximate surface area is 156 Å². The van der Waals surface area contributed by atoms with E-state index >= 15 is 0 Å². The van der Waals surface area contributed by atoms with E-state index < -0.39 is 10.0 Å². The van der Waals surface area contributed by atoms with E-state index in [0.29, 0.717) is 4.90 Å². The third kappa shape index (κ3) is 5.06. The molecule has 1 heterocycles. The molecule has 6 heteroatoms. The van der Waals surface area contributed by atoms with Gasteiger partial charge in [0.2, 0.25) is 10.0 Å². The van der Waals surface area contributed by atoms with Crippen LogP contribution >= 0.6 is 0 Å². The molecule has 0 radical (unpaired) electrons. The standard InChI is InChI=1S/C20H27N3O2S/c1-21-18-7-9-20(10-8-18)26(24,25)22-19-12-15-23(16-13-19)14-11-17-5-3-2-4-6-17/h2-10,19,21-22H,11-16H2,1H3. The zero-order chi connectivity index (χ0) is 18.4. The van der Waals surface area contributed by atoms with Crippen LogP contribution in [-0.2, 0) is 16.4 Å². The number of benzene rings is 2. The van der Waals surface area contributed by atoms with Crippen molar-refractivity contribution in [2.45, 2.75) is 30.2 Å². The highest BCUT2D eigenvalue weighted by Gasteiger charge is 2.24. The predicted molar refractivity (Wildman–Crippen MR) is 106 cm³/mol. The molecular weight excluding hydrogens is 346 g/mol. The van der Waals surface area contributed by atoms with Gasteiger partial charge in [-0.1, -0.05) is 30.3 Å². The third-order valence-corrected chi connectivity index (χ3v) is 6.46. The summed E-state index contributed by atoms with van der Waals surface area (Å²) >= 11 is 0. The van der Waals surface area contributed by atoms with Gasteiger partial charge in [0.15, 0.2) is 0 Å². The number of nitrogens with one attached hydrogen (secondary N) is 2. The number of piperidine rings is 1. The smallest absolute Gasteiger partial charge is 0.240 e. The highest BCUT2D eigenvalue weighted by atomic mass is 32.2. The van der Waals surface area contributed by atoms with Gasteiger partial charge in [-0.15, -0.1) is 0 Å². The highest BCUT2D eigenvalue weighted by molar-refractivity contribution is 7.89. The molecule has 1 aliphatic rings. The van der Waals surface area contributed by atoms with Gasteiger partial charge in [-0.3, -0.25) is 0 Å². The monoisotopic (exact) mass is 373 g/mol. The summed E-state index contributed by atoms with van der Waals surface area (Å²) in [5, 5.41) is 2.99.